The highest BCUT2D eigenvalue weighted by molar-refractivity contribution is 7.89. The first kappa shape index (κ1) is 17.3. The van der Waals surface area contributed by atoms with Crippen molar-refractivity contribution in [3.05, 3.63) is 53.3 Å². The van der Waals surface area contributed by atoms with Gasteiger partial charge in [0, 0.05) is 31.9 Å². The molecule has 2 aliphatic rings. The van der Waals surface area contributed by atoms with Gasteiger partial charge in [0.15, 0.2) is 0 Å². The lowest BCUT2D eigenvalue weighted by Crippen LogP contribution is -2.37. The molecule has 1 atom stereocenters. The molecular formula is C18H21N3O4S. The summed E-state index contributed by atoms with van der Waals surface area (Å²) in [6.45, 7) is 2.05. The Morgan fingerprint density at radius 2 is 2.15 bits per heavy atom. The summed E-state index contributed by atoms with van der Waals surface area (Å²) in [6.07, 6.45) is 3.06. The van der Waals surface area contributed by atoms with Crippen LogP contribution < -0.4 is 4.72 Å². The molecule has 2 aliphatic heterocycles. The molecule has 0 bridgehead atoms. The fourth-order valence-electron chi connectivity index (χ4n) is 3.42. The van der Waals surface area contributed by atoms with E-state index in [4.69, 9.17) is 4.74 Å². The van der Waals surface area contributed by atoms with Crippen molar-refractivity contribution in [2.45, 2.75) is 30.3 Å². The number of rotatable bonds is 4. The monoisotopic (exact) mass is 375 g/mol. The van der Waals surface area contributed by atoms with Crippen LogP contribution in [0.1, 0.15) is 28.0 Å². The second-order valence-electron chi connectivity index (χ2n) is 6.67. The van der Waals surface area contributed by atoms with Gasteiger partial charge < -0.3 is 14.6 Å². The minimum Gasteiger partial charge on any atom is -0.380 e. The molecule has 4 rings (SSSR count). The van der Waals surface area contributed by atoms with Crippen molar-refractivity contribution < 1.29 is 17.9 Å². The Hall–Kier alpha value is -2.16. The summed E-state index contributed by atoms with van der Waals surface area (Å²) < 4.78 is 33.1. The molecule has 0 spiro atoms. The van der Waals surface area contributed by atoms with E-state index in [1.165, 1.54) is 0 Å². The fourth-order valence-corrected chi connectivity index (χ4v) is 4.72. The molecule has 1 aromatic heterocycles. The summed E-state index contributed by atoms with van der Waals surface area (Å²) in [7, 11) is -3.56. The summed E-state index contributed by atoms with van der Waals surface area (Å²) in [6, 6.07) is 8.54. The Bertz CT molecular complexity index is 903. The molecule has 1 fully saturated rings. The van der Waals surface area contributed by atoms with Crippen molar-refractivity contribution in [1.29, 1.82) is 0 Å². The first-order valence-corrected chi connectivity index (χ1v) is 10.2. The van der Waals surface area contributed by atoms with E-state index in [-0.39, 0.29) is 16.8 Å². The number of hydrogen-bond acceptors (Lipinski definition) is 4. The topological polar surface area (TPSA) is 91.5 Å². The quantitative estimate of drug-likeness (QED) is 0.842. The van der Waals surface area contributed by atoms with Crippen LogP contribution in [0.4, 0.5) is 0 Å². The Morgan fingerprint density at radius 1 is 1.27 bits per heavy atom. The predicted molar refractivity (Wildman–Crippen MR) is 95.2 cm³/mol. The zero-order valence-corrected chi connectivity index (χ0v) is 15.1. The number of H-pyrrole nitrogens is 1. The third-order valence-electron chi connectivity index (χ3n) is 4.87. The number of carbonyl (C=O) groups excluding carboxylic acids is 1. The van der Waals surface area contributed by atoms with Crippen LogP contribution in [0.25, 0.3) is 0 Å². The van der Waals surface area contributed by atoms with E-state index in [9.17, 15) is 13.2 Å². The maximum Gasteiger partial charge on any atom is 0.270 e. The first-order valence-electron chi connectivity index (χ1n) is 8.67. The summed E-state index contributed by atoms with van der Waals surface area (Å²) in [5.74, 6) is -0.0414. The van der Waals surface area contributed by atoms with Crippen molar-refractivity contribution in [3.63, 3.8) is 0 Å². The number of ether oxygens (including phenoxy) is 1. The van der Waals surface area contributed by atoms with Gasteiger partial charge in [-0.1, -0.05) is 6.07 Å². The van der Waals surface area contributed by atoms with Crippen LogP contribution in [0.15, 0.2) is 41.4 Å². The molecule has 0 radical (unpaired) electrons. The largest absolute Gasteiger partial charge is 0.380 e. The highest BCUT2D eigenvalue weighted by atomic mass is 32.2. The summed E-state index contributed by atoms with van der Waals surface area (Å²) in [4.78, 5) is 17.4. The highest BCUT2D eigenvalue weighted by Crippen LogP contribution is 2.24. The number of amides is 1. The molecule has 7 nitrogen and oxygen atoms in total. The molecule has 138 valence electrons. The lowest BCUT2D eigenvalue weighted by molar-refractivity contribution is 0.0729. The molecule has 1 amide bonds. The second kappa shape index (κ2) is 6.86. The molecule has 1 aromatic carbocycles. The van der Waals surface area contributed by atoms with Crippen LogP contribution in [-0.4, -0.2) is 50.0 Å². The number of sulfonamides is 1. The normalized spacial score (nSPS) is 20.2. The Balaban J connectivity index is 1.51. The van der Waals surface area contributed by atoms with Gasteiger partial charge in [0.25, 0.3) is 5.91 Å². The van der Waals surface area contributed by atoms with Gasteiger partial charge in [-0.05, 0) is 48.2 Å². The highest BCUT2D eigenvalue weighted by Gasteiger charge is 2.26. The van der Waals surface area contributed by atoms with Crippen molar-refractivity contribution in [1.82, 2.24) is 14.6 Å². The number of hydrogen-bond donors (Lipinski definition) is 2. The zero-order chi connectivity index (χ0) is 18.1. The molecule has 0 saturated carbocycles. The Labute approximate surface area is 152 Å². The van der Waals surface area contributed by atoms with Crippen LogP contribution in [0, 0.1) is 0 Å². The van der Waals surface area contributed by atoms with E-state index in [1.807, 2.05) is 6.07 Å². The molecule has 1 saturated heterocycles. The van der Waals surface area contributed by atoms with Crippen molar-refractivity contribution in [2.24, 2.45) is 0 Å². The van der Waals surface area contributed by atoms with E-state index in [1.54, 1.807) is 35.4 Å². The van der Waals surface area contributed by atoms with Gasteiger partial charge in [-0.2, -0.15) is 0 Å². The molecule has 2 aromatic rings. The third kappa shape index (κ3) is 3.40. The van der Waals surface area contributed by atoms with Crippen LogP contribution in [0.3, 0.4) is 0 Å². The fraction of sp³-hybridized carbons (Fsp3) is 0.389. The number of benzene rings is 1. The average molecular weight is 375 g/mol. The summed E-state index contributed by atoms with van der Waals surface area (Å²) in [5, 5.41) is 0. The molecular weight excluding hydrogens is 354 g/mol. The number of aromatic nitrogens is 1. The third-order valence-corrected chi connectivity index (χ3v) is 6.39. The minimum atomic E-state index is -3.56. The van der Waals surface area contributed by atoms with Crippen LogP contribution in [-0.2, 0) is 27.7 Å². The number of fused-ring (bicyclic) bond motifs is 1. The molecule has 3 heterocycles. The van der Waals surface area contributed by atoms with E-state index in [2.05, 4.69) is 9.71 Å². The average Bonchev–Trinajstić information content (AvgIpc) is 3.33. The van der Waals surface area contributed by atoms with Crippen molar-refractivity contribution in [3.8, 4) is 0 Å². The van der Waals surface area contributed by atoms with Gasteiger partial charge >= 0.3 is 0 Å². The zero-order valence-electron chi connectivity index (χ0n) is 14.3. The summed E-state index contributed by atoms with van der Waals surface area (Å²) in [5.41, 5.74) is 2.53. The van der Waals surface area contributed by atoms with Gasteiger partial charge in [0.05, 0.1) is 11.5 Å². The predicted octanol–water partition coefficient (Wildman–Crippen LogP) is 1.28. The molecule has 0 aliphatic carbocycles. The number of carbonyl (C=O) groups is 1. The number of aromatic amines is 1. The number of nitrogens with one attached hydrogen (secondary N) is 2. The maximum absolute atomic E-state index is 12.6. The van der Waals surface area contributed by atoms with E-state index in [0.29, 0.717) is 44.8 Å². The van der Waals surface area contributed by atoms with Gasteiger partial charge in [0.2, 0.25) is 10.0 Å². The van der Waals surface area contributed by atoms with Gasteiger partial charge in [-0.3, -0.25) is 4.79 Å². The Morgan fingerprint density at radius 3 is 2.88 bits per heavy atom. The second-order valence-corrected chi connectivity index (χ2v) is 8.39. The Kier molecular flexibility index (Phi) is 4.56. The van der Waals surface area contributed by atoms with Crippen LogP contribution >= 0.6 is 0 Å². The lowest BCUT2D eigenvalue weighted by Gasteiger charge is -2.29. The maximum atomic E-state index is 12.6. The van der Waals surface area contributed by atoms with Crippen molar-refractivity contribution >= 4 is 15.9 Å². The van der Waals surface area contributed by atoms with Crippen molar-refractivity contribution in [2.75, 3.05) is 19.8 Å². The lowest BCUT2D eigenvalue weighted by atomic mass is 9.99. The smallest absolute Gasteiger partial charge is 0.270 e. The molecule has 1 unspecified atom stereocenters. The van der Waals surface area contributed by atoms with E-state index in [0.717, 1.165) is 11.1 Å². The van der Waals surface area contributed by atoms with Crippen LogP contribution in [0.5, 0.6) is 0 Å². The first-order chi connectivity index (χ1) is 12.5. The molecule has 26 heavy (non-hydrogen) atoms. The number of nitrogens with zero attached hydrogens (tertiary/aromatic N) is 1. The van der Waals surface area contributed by atoms with Gasteiger partial charge in [-0.25, -0.2) is 13.1 Å². The van der Waals surface area contributed by atoms with E-state index >= 15 is 0 Å². The summed E-state index contributed by atoms with van der Waals surface area (Å²) >= 11 is 0. The standard InChI is InChI=1S/C18H21N3O4S/c22-18(17-2-1-7-19-17)21-8-5-13-10-16(4-3-14(13)11-21)26(23,24)20-15-6-9-25-12-15/h1-4,7,10,15,19-20H,5-6,8-9,11-12H2. The molecule has 2 N–H and O–H groups in total. The SMILES string of the molecule is O=C(c1ccc[nH]1)N1CCc2cc(S(=O)(=O)NC3CCOC3)ccc2C1. The van der Waals surface area contributed by atoms with E-state index < -0.39 is 10.0 Å². The van der Waals surface area contributed by atoms with Crippen LogP contribution in [0.2, 0.25) is 0 Å². The van der Waals surface area contributed by atoms with Gasteiger partial charge in [0.1, 0.15) is 5.69 Å². The van der Waals surface area contributed by atoms with Gasteiger partial charge in [-0.15, -0.1) is 0 Å². The molecule has 8 heteroatoms. The minimum absolute atomic E-state index is 0.0414.